The van der Waals surface area contributed by atoms with Crippen LogP contribution < -0.4 is 19.2 Å². The highest BCUT2D eigenvalue weighted by Crippen LogP contribution is 2.28. The van der Waals surface area contributed by atoms with Gasteiger partial charge in [-0.15, -0.1) is 0 Å². The van der Waals surface area contributed by atoms with Gasteiger partial charge in [0.1, 0.15) is 6.54 Å². The quantitative estimate of drug-likeness (QED) is 0.471. The van der Waals surface area contributed by atoms with Crippen molar-refractivity contribution in [1.29, 1.82) is 0 Å². The lowest BCUT2D eigenvalue weighted by Gasteiger charge is -2.21. The summed E-state index contributed by atoms with van der Waals surface area (Å²) in [5.41, 5.74) is 3.45. The van der Waals surface area contributed by atoms with E-state index < -0.39 is 15.9 Å². The molecule has 0 heterocycles. The lowest BCUT2D eigenvalue weighted by Crippen LogP contribution is -2.38. The van der Waals surface area contributed by atoms with Crippen molar-refractivity contribution in [2.24, 2.45) is 5.10 Å². The maximum Gasteiger partial charge on any atom is 0.260 e. The van der Waals surface area contributed by atoms with Crippen LogP contribution in [-0.2, 0) is 14.8 Å². The molecule has 0 spiro atoms. The second kappa shape index (κ2) is 10.5. The standard InChI is InChI=1S/C20H25N3O5S/c1-4-27-18-12-11-16(13-19(18)28-5-2)14-21-22-20(24)15-23(29(3,25)26)17-9-7-6-8-10-17/h6-14H,4-5,15H2,1-3H3,(H,22,24). The van der Waals surface area contributed by atoms with E-state index >= 15 is 0 Å². The monoisotopic (exact) mass is 419 g/mol. The van der Waals surface area contributed by atoms with E-state index in [0.29, 0.717) is 36.0 Å². The number of para-hydroxylation sites is 1. The van der Waals surface area contributed by atoms with E-state index in [-0.39, 0.29) is 6.54 Å². The summed E-state index contributed by atoms with van der Waals surface area (Å²) >= 11 is 0. The van der Waals surface area contributed by atoms with E-state index in [4.69, 9.17) is 9.47 Å². The molecule has 0 aliphatic carbocycles. The second-order valence-corrected chi connectivity index (χ2v) is 7.88. The highest BCUT2D eigenvalue weighted by atomic mass is 32.2. The van der Waals surface area contributed by atoms with Crippen molar-refractivity contribution in [2.45, 2.75) is 13.8 Å². The Hall–Kier alpha value is -3.07. The van der Waals surface area contributed by atoms with E-state index in [2.05, 4.69) is 10.5 Å². The predicted octanol–water partition coefficient (Wildman–Crippen LogP) is 2.40. The number of carbonyl (C=O) groups excluding carboxylic acids is 1. The third kappa shape index (κ3) is 6.79. The summed E-state index contributed by atoms with van der Waals surface area (Å²) < 4.78 is 36.1. The minimum atomic E-state index is -3.62. The third-order valence-corrected chi connectivity index (χ3v) is 4.84. The number of carbonyl (C=O) groups is 1. The highest BCUT2D eigenvalue weighted by molar-refractivity contribution is 7.92. The van der Waals surface area contributed by atoms with Crippen LogP contribution in [0.25, 0.3) is 0 Å². The Labute approximate surface area is 171 Å². The SMILES string of the molecule is CCOc1ccc(C=NNC(=O)CN(c2ccccc2)S(C)(=O)=O)cc1OCC. The maximum atomic E-state index is 12.2. The number of amides is 1. The van der Waals surface area contributed by atoms with E-state index in [1.807, 2.05) is 13.8 Å². The lowest BCUT2D eigenvalue weighted by atomic mass is 10.2. The first-order chi connectivity index (χ1) is 13.8. The molecule has 2 aromatic rings. The number of rotatable bonds is 10. The van der Waals surface area contributed by atoms with E-state index in [0.717, 1.165) is 10.6 Å². The molecule has 156 valence electrons. The Kier molecular flexibility index (Phi) is 8.02. The van der Waals surface area contributed by atoms with Crippen LogP contribution in [-0.4, -0.2) is 46.6 Å². The maximum absolute atomic E-state index is 12.2. The molecule has 0 aromatic heterocycles. The zero-order valence-corrected chi connectivity index (χ0v) is 17.5. The van der Waals surface area contributed by atoms with Crippen molar-refractivity contribution in [3.05, 3.63) is 54.1 Å². The fourth-order valence-corrected chi connectivity index (χ4v) is 3.34. The molecule has 0 saturated carbocycles. The van der Waals surface area contributed by atoms with Crippen molar-refractivity contribution in [1.82, 2.24) is 5.43 Å². The van der Waals surface area contributed by atoms with Crippen LogP contribution in [0.2, 0.25) is 0 Å². The van der Waals surface area contributed by atoms with E-state index in [1.54, 1.807) is 48.5 Å². The Morgan fingerprint density at radius 2 is 1.72 bits per heavy atom. The summed E-state index contributed by atoms with van der Waals surface area (Å²) in [5, 5.41) is 3.90. The molecule has 1 N–H and O–H groups in total. The molecule has 0 aliphatic heterocycles. The molecule has 2 rings (SSSR count). The van der Waals surface area contributed by atoms with Crippen LogP contribution in [0, 0.1) is 0 Å². The van der Waals surface area contributed by atoms with Gasteiger partial charge >= 0.3 is 0 Å². The van der Waals surface area contributed by atoms with Gasteiger partial charge in [-0.05, 0) is 49.7 Å². The molecule has 0 aliphatic rings. The van der Waals surface area contributed by atoms with Crippen molar-refractivity contribution >= 4 is 27.8 Å². The van der Waals surface area contributed by atoms with Gasteiger partial charge in [0.25, 0.3) is 5.91 Å². The van der Waals surface area contributed by atoms with Gasteiger partial charge in [-0.3, -0.25) is 9.10 Å². The van der Waals surface area contributed by atoms with Crippen molar-refractivity contribution in [2.75, 3.05) is 30.3 Å². The molecule has 2 aromatic carbocycles. The zero-order valence-electron chi connectivity index (χ0n) is 16.7. The van der Waals surface area contributed by atoms with Gasteiger partial charge in [0.15, 0.2) is 11.5 Å². The van der Waals surface area contributed by atoms with Crippen LogP contribution in [0.5, 0.6) is 11.5 Å². The van der Waals surface area contributed by atoms with Crippen LogP contribution >= 0.6 is 0 Å². The van der Waals surface area contributed by atoms with Crippen LogP contribution in [0.4, 0.5) is 5.69 Å². The molecule has 8 nitrogen and oxygen atoms in total. The van der Waals surface area contributed by atoms with Crippen LogP contribution in [0.1, 0.15) is 19.4 Å². The number of benzene rings is 2. The molecule has 29 heavy (non-hydrogen) atoms. The van der Waals surface area contributed by atoms with Crippen LogP contribution in [0.15, 0.2) is 53.6 Å². The first kappa shape index (κ1) is 22.2. The molecule has 0 radical (unpaired) electrons. The summed E-state index contributed by atoms with van der Waals surface area (Å²) in [6.45, 7) is 4.38. The second-order valence-electron chi connectivity index (χ2n) is 5.97. The number of hydrogen-bond donors (Lipinski definition) is 1. The molecule has 0 fully saturated rings. The van der Waals surface area contributed by atoms with Gasteiger partial charge in [-0.25, -0.2) is 13.8 Å². The summed E-state index contributed by atoms with van der Waals surface area (Å²) in [4.78, 5) is 12.2. The Balaban J connectivity index is 2.05. The van der Waals surface area contributed by atoms with Gasteiger partial charge < -0.3 is 9.47 Å². The van der Waals surface area contributed by atoms with Crippen molar-refractivity contribution < 1.29 is 22.7 Å². The lowest BCUT2D eigenvalue weighted by molar-refractivity contribution is -0.119. The number of sulfonamides is 1. The van der Waals surface area contributed by atoms with Crippen molar-refractivity contribution in [3.63, 3.8) is 0 Å². The van der Waals surface area contributed by atoms with E-state index in [9.17, 15) is 13.2 Å². The minimum Gasteiger partial charge on any atom is -0.490 e. The van der Waals surface area contributed by atoms with Gasteiger partial charge in [-0.2, -0.15) is 5.10 Å². The molecule has 0 unspecified atom stereocenters. The zero-order chi connectivity index (χ0) is 21.3. The summed E-state index contributed by atoms with van der Waals surface area (Å²) in [6, 6.07) is 13.7. The van der Waals surface area contributed by atoms with Gasteiger partial charge in [0.2, 0.25) is 10.0 Å². The minimum absolute atomic E-state index is 0.381. The van der Waals surface area contributed by atoms with Crippen molar-refractivity contribution in [3.8, 4) is 11.5 Å². The van der Waals surface area contributed by atoms with E-state index in [1.165, 1.54) is 6.21 Å². The molecule has 0 atom stereocenters. The summed E-state index contributed by atoms with van der Waals surface area (Å²) in [7, 11) is -3.62. The normalized spacial score (nSPS) is 11.3. The molecule has 0 bridgehead atoms. The third-order valence-electron chi connectivity index (χ3n) is 3.70. The number of nitrogens with one attached hydrogen (secondary N) is 1. The average Bonchev–Trinajstić information content (AvgIpc) is 2.68. The molecular weight excluding hydrogens is 394 g/mol. The Morgan fingerprint density at radius 1 is 1.07 bits per heavy atom. The Bertz CT molecular complexity index is 946. The molecule has 1 amide bonds. The molecular formula is C20H25N3O5S. The molecule has 9 heteroatoms. The fraction of sp³-hybridized carbons (Fsp3) is 0.300. The number of nitrogens with zero attached hydrogens (tertiary/aromatic N) is 2. The molecule has 0 saturated heterocycles. The van der Waals surface area contributed by atoms with Crippen LogP contribution in [0.3, 0.4) is 0 Å². The summed E-state index contributed by atoms with van der Waals surface area (Å²) in [6.07, 6.45) is 2.50. The average molecular weight is 420 g/mol. The number of ether oxygens (including phenoxy) is 2. The van der Waals surface area contributed by atoms with Gasteiger partial charge in [0.05, 0.1) is 31.4 Å². The number of hydrazone groups is 1. The van der Waals surface area contributed by atoms with Gasteiger partial charge in [0, 0.05) is 0 Å². The van der Waals surface area contributed by atoms with Gasteiger partial charge in [-0.1, -0.05) is 18.2 Å². The topological polar surface area (TPSA) is 97.3 Å². The summed E-state index contributed by atoms with van der Waals surface area (Å²) in [5.74, 6) is 0.644. The number of hydrogen-bond acceptors (Lipinski definition) is 6. The first-order valence-corrected chi connectivity index (χ1v) is 10.9. The smallest absolute Gasteiger partial charge is 0.260 e. The Morgan fingerprint density at radius 3 is 2.34 bits per heavy atom. The number of anilines is 1. The highest BCUT2D eigenvalue weighted by Gasteiger charge is 2.20. The fourth-order valence-electron chi connectivity index (χ4n) is 2.49. The first-order valence-electron chi connectivity index (χ1n) is 9.09. The predicted molar refractivity (Wildman–Crippen MR) is 113 cm³/mol. The largest absolute Gasteiger partial charge is 0.490 e.